The maximum Gasteiger partial charge on any atom is 0.326 e. The van der Waals surface area contributed by atoms with Crippen molar-refractivity contribution in [3.8, 4) is 0 Å². The molecule has 0 bridgehead atoms. The van der Waals surface area contributed by atoms with E-state index in [4.69, 9.17) is 0 Å². The minimum absolute atomic E-state index is 0.145. The van der Waals surface area contributed by atoms with Gasteiger partial charge in [-0.25, -0.2) is 4.79 Å². The zero-order chi connectivity index (χ0) is 15.5. The van der Waals surface area contributed by atoms with Crippen LogP contribution in [0.3, 0.4) is 0 Å². The number of amides is 1. The summed E-state index contributed by atoms with van der Waals surface area (Å²) in [5.41, 5.74) is 0.453. The SMILES string of the molecule is CC(C)CC(NC(=O)C1(c2ccccc2)CCC1)C(=O)O. The zero-order valence-electron chi connectivity index (χ0n) is 12.6. The maximum atomic E-state index is 12.7. The highest BCUT2D eigenvalue weighted by Gasteiger charge is 2.46. The molecular weight excluding hydrogens is 266 g/mol. The smallest absolute Gasteiger partial charge is 0.326 e. The van der Waals surface area contributed by atoms with Gasteiger partial charge < -0.3 is 10.4 Å². The molecule has 1 fully saturated rings. The number of nitrogens with one attached hydrogen (secondary N) is 1. The van der Waals surface area contributed by atoms with Crippen molar-refractivity contribution in [2.75, 3.05) is 0 Å². The van der Waals surface area contributed by atoms with Crippen LogP contribution >= 0.6 is 0 Å². The topological polar surface area (TPSA) is 66.4 Å². The van der Waals surface area contributed by atoms with Crippen LogP contribution in [0.5, 0.6) is 0 Å². The highest BCUT2D eigenvalue weighted by molar-refractivity contribution is 5.92. The predicted octanol–water partition coefficient (Wildman–Crippen LogP) is 2.72. The molecule has 1 saturated carbocycles. The molecule has 2 N–H and O–H groups in total. The summed E-state index contributed by atoms with van der Waals surface area (Å²) in [6.07, 6.45) is 3.03. The third-order valence-electron chi connectivity index (χ3n) is 4.28. The number of carboxylic acid groups (broad SMARTS) is 1. The number of hydrogen-bond donors (Lipinski definition) is 2. The Balaban J connectivity index is 2.15. The van der Waals surface area contributed by atoms with Crippen LogP contribution in [0.2, 0.25) is 0 Å². The van der Waals surface area contributed by atoms with Crippen LogP contribution in [0.4, 0.5) is 0 Å². The second kappa shape index (κ2) is 6.29. The first kappa shape index (κ1) is 15.5. The summed E-state index contributed by atoms with van der Waals surface area (Å²) in [5, 5.41) is 12.0. The van der Waals surface area contributed by atoms with Crippen molar-refractivity contribution >= 4 is 11.9 Å². The Morgan fingerprint density at radius 2 is 1.86 bits per heavy atom. The Labute approximate surface area is 125 Å². The lowest BCUT2D eigenvalue weighted by Crippen LogP contribution is -2.54. The Morgan fingerprint density at radius 3 is 2.29 bits per heavy atom. The number of carbonyl (C=O) groups excluding carboxylic acids is 1. The van der Waals surface area contributed by atoms with E-state index in [0.29, 0.717) is 6.42 Å². The molecule has 0 aliphatic heterocycles. The summed E-state index contributed by atoms with van der Waals surface area (Å²) in [7, 11) is 0. The van der Waals surface area contributed by atoms with E-state index in [1.54, 1.807) is 0 Å². The van der Waals surface area contributed by atoms with Gasteiger partial charge in [-0.2, -0.15) is 0 Å². The molecule has 1 unspecified atom stereocenters. The third kappa shape index (κ3) is 3.26. The van der Waals surface area contributed by atoms with Crippen LogP contribution < -0.4 is 5.32 Å². The van der Waals surface area contributed by atoms with Crippen molar-refractivity contribution in [3.63, 3.8) is 0 Å². The lowest BCUT2D eigenvalue weighted by Gasteiger charge is -2.41. The number of carbonyl (C=O) groups is 2. The van der Waals surface area contributed by atoms with Gasteiger partial charge in [-0.05, 0) is 30.7 Å². The van der Waals surface area contributed by atoms with E-state index in [1.807, 2.05) is 44.2 Å². The zero-order valence-corrected chi connectivity index (χ0v) is 12.6. The highest BCUT2D eigenvalue weighted by atomic mass is 16.4. The molecule has 1 aliphatic carbocycles. The molecule has 114 valence electrons. The molecule has 0 heterocycles. The van der Waals surface area contributed by atoms with Gasteiger partial charge in [-0.1, -0.05) is 50.6 Å². The van der Waals surface area contributed by atoms with E-state index in [1.165, 1.54) is 0 Å². The quantitative estimate of drug-likeness (QED) is 0.846. The second-order valence-corrected chi connectivity index (χ2v) is 6.30. The molecule has 0 spiro atoms. The summed E-state index contributed by atoms with van der Waals surface area (Å²) in [5.74, 6) is -0.881. The third-order valence-corrected chi connectivity index (χ3v) is 4.28. The van der Waals surface area contributed by atoms with E-state index in [2.05, 4.69) is 5.32 Å². The number of benzene rings is 1. The van der Waals surface area contributed by atoms with Crippen LogP contribution in [0.15, 0.2) is 30.3 Å². The van der Waals surface area contributed by atoms with Crippen molar-refractivity contribution < 1.29 is 14.7 Å². The summed E-state index contributed by atoms with van der Waals surface area (Å²) >= 11 is 0. The first-order valence-electron chi connectivity index (χ1n) is 7.55. The standard InChI is InChI=1S/C17H23NO3/c1-12(2)11-14(15(19)20)18-16(21)17(9-6-10-17)13-7-4-3-5-8-13/h3-5,7-8,12,14H,6,9-11H2,1-2H3,(H,18,21)(H,19,20). The Morgan fingerprint density at radius 1 is 1.24 bits per heavy atom. The fourth-order valence-electron chi connectivity index (χ4n) is 2.92. The molecular formula is C17H23NO3. The lowest BCUT2D eigenvalue weighted by molar-refractivity contribution is -0.144. The Kier molecular flexibility index (Phi) is 4.66. The number of hydrogen-bond acceptors (Lipinski definition) is 2. The molecule has 21 heavy (non-hydrogen) atoms. The summed E-state index contributed by atoms with van der Waals surface area (Å²) in [4.78, 5) is 24.0. The van der Waals surface area contributed by atoms with E-state index >= 15 is 0 Å². The van der Waals surface area contributed by atoms with Gasteiger partial charge in [0.25, 0.3) is 0 Å². The van der Waals surface area contributed by atoms with Crippen molar-refractivity contribution in [1.29, 1.82) is 0 Å². The number of aliphatic carboxylic acids is 1. The fraction of sp³-hybridized carbons (Fsp3) is 0.529. The molecule has 2 rings (SSSR count). The fourth-order valence-corrected chi connectivity index (χ4v) is 2.92. The normalized spacial score (nSPS) is 17.9. The van der Waals surface area contributed by atoms with Crippen LogP contribution in [0.25, 0.3) is 0 Å². The number of rotatable bonds is 6. The van der Waals surface area contributed by atoms with Gasteiger partial charge in [0.1, 0.15) is 6.04 Å². The largest absolute Gasteiger partial charge is 0.480 e. The van der Waals surface area contributed by atoms with Crippen molar-refractivity contribution in [2.45, 2.75) is 51.0 Å². The predicted molar refractivity (Wildman–Crippen MR) is 81.0 cm³/mol. The lowest BCUT2D eigenvalue weighted by atomic mass is 9.63. The van der Waals surface area contributed by atoms with E-state index < -0.39 is 17.4 Å². The summed E-state index contributed by atoms with van der Waals surface area (Å²) in [6.45, 7) is 3.91. The minimum atomic E-state index is -0.959. The van der Waals surface area contributed by atoms with Gasteiger partial charge in [0.15, 0.2) is 0 Å². The van der Waals surface area contributed by atoms with Gasteiger partial charge in [-0.15, -0.1) is 0 Å². The average Bonchev–Trinajstić information content (AvgIpc) is 2.37. The maximum absolute atomic E-state index is 12.7. The molecule has 0 radical (unpaired) electrons. The van der Waals surface area contributed by atoms with Crippen LogP contribution in [-0.4, -0.2) is 23.0 Å². The highest BCUT2D eigenvalue weighted by Crippen LogP contribution is 2.44. The molecule has 4 heteroatoms. The van der Waals surface area contributed by atoms with Gasteiger partial charge in [-0.3, -0.25) is 4.79 Å². The Bertz CT molecular complexity index is 506. The van der Waals surface area contributed by atoms with Gasteiger partial charge in [0, 0.05) is 0 Å². The Hall–Kier alpha value is -1.84. The molecule has 1 amide bonds. The number of carboxylic acids is 1. The minimum Gasteiger partial charge on any atom is -0.480 e. The summed E-state index contributed by atoms with van der Waals surface area (Å²) < 4.78 is 0. The van der Waals surface area contributed by atoms with Crippen LogP contribution in [0, 0.1) is 5.92 Å². The van der Waals surface area contributed by atoms with Crippen molar-refractivity contribution in [3.05, 3.63) is 35.9 Å². The molecule has 1 aromatic rings. The van der Waals surface area contributed by atoms with Gasteiger partial charge >= 0.3 is 5.97 Å². The van der Waals surface area contributed by atoms with Crippen molar-refractivity contribution in [2.24, 2.45) is 5.92 Å². The molecule has 4 nitrogen and oxygen atoms in total. The molecule has 0 saturated heterocycles. The van der Waals surface area contributed by atoms with Gasteiger partial charge in [0.2, 0.25) is 5.91 Å². The van der Waals surface area contributed by atoms with E-state index in [9.17, 15) is 14.7 Å². The van der Waals surface area contributed by atoms with Crippen LogP contribution in [0.1, 0.15) is 45.1 Å². The van der Waals surface area contributed by atoms with Crippen LogP contribution in [-0.2, 0) is 15.0 Å². The van der Waals surface area contributed by atoms with Crippen molar-refractivity contribution in [1.82, 2.24) is 5.32 Å². The van der Waals surface area contributed by atoms with E-state index in [0.717, 1.165) is 24.8 Å². The molecule has 1 aromatic carbocycles. The average molecular weight is 289 g/mol. The monoisotopic (exact) mass is 289 g/mol. The molecule has 0 aromatic heterocycles. The van der Waals surface area contributed by atoms with Gasteiger partial charge in [0.05, 0.1) is 5.41 Å². The van der Waals surface area contributed by atoms with E-state index in [-0.39, 0.29) is 11.8 Å². The molecule has 1 atom stereocenters. The first-order valence-corrected chi connectivity index (χ1v) is 7.55. The second-order valence-electron chi connectivity index (χ2n) is 6.30. The first-order chi connectivity index (χ1) is 9.95. The molecule has 1 aliphatic rings. The summed E-state index contributed by atoms with van der Waals surface area (Å²) in [6, 6.07) is 8.87.